The van der Waals surface area contributed by atoms with Crippen LogP contribution >= 0.6 is 23.1 Å². The van der Waals surface area contributed by atoms with Gasteiger partial charge in [0, 0.05) is 67.0 Å². The summed E-state index contributed by atoms with van der Waals surface area (Å²) >= 11 is 2.54. The molecule has 2 unspecified atom stereocenters. The quantitative estimate of drug-likeness (QED) is 0.414. The van der Waals surface area contributed by atoms with Gasteiger partial charge in [-0.1, -0.05) is 0 Å². The number of nitrogens with one attached hydrogen (secondary N) is 2. The Balaban J connectivity index is 1.24. The van der Waals surface area contributed by atoms with Gasteiger partial charge in [0.25, 0.3) is 5.91 Å². The minimum absolute atomic E-state index is 0.109. The van der Waals surface area contributed by atoms with Gasteiger partial charge in [0.1, 0.15) is 10.4 Å². The van der Waals surface area contributed by atoms with Crippen molar-refractivity contribution in [1.82, 2.24) is 20.2 Å². The number of hydrogen-bond donors (Lipinski definition) is 2. The van der Waals surface area contributed by atoms with Crippen molar-refractivity contribution in [2.75, 3.05) is 42.7 Å². The first-order valence-corrected chi connectivity index (χ1v) is 14.9. The zero-order chi connectivity index (χ0) is 26.9. The van der Waals surface area contributed by atoms with Crippen molar-refractivity contribution in [3.05, 3.63) is 46.5 Å². The number of amides is 1. The number of thiophene rings is 1. The molecule has 4 aliphatic rings. The van der Waals surface area contributed by atoms with E-state index in [1.54, 1.807) is 18.0 Å². The largest absolute Gasteiger partial charge is 0.420 e. The Labute approximate surface area is 232 Å². The SMILES string of the molecule is CN1CCSc2cc(-c3nc(Nc4ccc(N5C6CNCC5C6)cc4C4CC4)ncc3C(F)(F)F)sc2C1=O. The normalized spacial score (nSPS) is 22.8. The van der Waals surface area contributed by atoms with Crippen LogP contribution in [0.2, 0.25) is 0 Å². The molecule has 0 spiro atoms. The third kappa shape index (κ3) is 4.55. The van der Waals surface area contributed by atoms with Crippen molar-refractivity contribution in [3.8, 4) is 10.6 Å². The first-order valence-electron chi connectivity index (χ1n) is 13.1. The number of benzene rings is 1. The monoisotopic (exact) mass is 572 g/mol. The Bertz CT molecular complexity index is 1440. The molecule has 3 fully saturated rings. The molecule has 2 atom stereocenters. The van der Waals surface area contributed by atoms with Crippen molar-refractivity contribution < 1.29 is 18.0 Å². The molecule has 2 bridgehead atoms. The van der Waals surface area contributed by atoms with Gasteiger partial charge >= 0.3 is 6.18 Å². The molecule has 7 nitrogen and oxygen atoms in total. The molecule has 204 valence electrons. The van der Waals surface area contributed by atoms with Crippen molar-refractivity contribution in [2.24, 2.45) is 0 Å². The summed E-state index contributed by atoms with van der Waals surface area (Å²) in [5.74, 6) is 1.04. The molecule has 7 rings (SSSR count). The van der Waals surface area contributed by atoms with Gasteiger partial charge in [-0.15, -0.1) is 23.1 Å². The van der Waals surface area contributed by atoms with E-state index in [0.29, 0.717) is 44.9 Å². The van der Waals surface area contributed by atoms with Gasteiger partial charge in [0.15, 0.2) is 0 Å². The number of anilines is 3. The number of rotatable bonds is 5. The first kappa shape index (κ1) is 25.2. The molecule has 1 aliphatic carbocycles. The zero-order valence-corrected chi connectivity index (χ0v) is 22.8. The van der Waals surface area contributed by atoms with Crippen molar-refractivity contribution >= 4 is 46.3 Å². The van der Waals surface area contributed by atoms with Gasteiger partial charge in [-0.2, -0.15) is 13.2 Å². The van der Waals surface area contributed by atoms with Gasteiger partial charge < -0.3 is 20.4 Å². The van der Waals surface area contributed by atoms with E-state index in [9.17, 15) is 18.0 Å². The molecule has 5 heterocycles. The van der Waals surface area contributed by atoms with Crippen LogP contribution in [0.15, 0.2) is 35.4 Å². The highest BCUT2D eigenvalue weighted by Gasteiger charge is 2.42. The number of aromatic nitrogens is 2. The molecule has 39 heavy (non-hydrogen) atoms. The molecule has 3 aliphatic heterocycles. The molecule has 12 heteroatoms. The average Bonchev–Trinajstić information content (AvgIpc) is 3.69. The molecular weight excluding hydrogens is 545 g/mol. The summed E-state index contributed by atoms with van der Waals surface area (Å²) in [5.41, 5.74) is 2.06. The minimum atomic E-state index is -4.63. The van der Waals surface area contributed by atoms with Crippen LogP contribution in [0.4, 0.5) is 30.5 Å². The molecule has 1 amide bonds. The number of hydrogen-bond acceptors (Lipinski definition) is 8. The Morgan fingerprint density at radius 3 is 2.67 bits per heavy atom. The van der Waals surface area contributed by atoms with E-state index in [-0.39, 0.29) is 17.5 Å². The van der Waals surface area contributed by atoms with Crippen molar-refractivity contribution in [2.45, 2.75) is 48.3 Å². The van der Waals surface area contributed by atoms with Crippen LogP contribution < -0.4 is 15.5 Å². The standard InChI is InChI=1S/C27H27F3N6OS2/c1-35-6-7-38-22-10-21(39-24(22)25(35)37)23-19(27(28,29)30)13-32-26(34-23)33-20-5-4-15(9-18(20)14-2-3-14)36-16-8-17(36)12-31-11-16/h4-5,9-10,13-14,16-17,31H,2-3,6-8,11-12H2,1H3,(H,32,33,34). The molecule has 2 N–H and O–H groups in total. The summed E-state index contributed by atoms with van der Waals surface area (Å²) in [6.45, 7) is 2.57. The average molecular weight is 573 g/mol. The van der Waals surface area contributed by atoms with Gasteiger partial charge in [-0.05, 0) is 55.0 Å². The predicted molar refractivity (Wildman–Crippen MR) is 147 cm³/mol. The second-order valence-electron chi connectivity index (χ2n) is 10.6. The maximum Gasteiger partial charge on any atom is 0.420 e. The zero-order valence-electron chi connectivity index (χ0n) is 21.2. The Hall–Kier alpha value is -2.83. The highest BCUT2D eigenvalue weighted by Crippen LogP contribution is 2.47. The Kier molecular flexibility index (Phi) is 6.05. The molecule has 0 radical (unpaired) electrons. The summed E-state index contributed by atoms with van der Waals surface area (Å²) in [4.78, 5) is 26.8. The Morgan fingerprint density at radius 2 is 1.95 bits per heavy atom. The summed E-state index contributed by atoms with van der Waals surface area (Å²) in [5, 5.41) is 6.69. The van der Waals surface area contributed by atoms with E-state index in [2.05, 4.69) is 37.6 Å². The number of alkyl halides is 3. The fraction of sp³-hybridized carbons (Fsp3) is 0.444. The van der Waals surface area contributed by atoms with Gasteiger partial charge in [-0.25, -0.2) is 9.97 Å². The number of halogens is 3. The molecule has 1 saturated carbocycles. The lowest BCUT2D eigenvalue weighted by molar-refractivity contribution is -0.137. The smallest absolute Gasteiger partial charge is 0.363 e. The third-order valence-corrected chi connectivity index (χ3v) is 10.2. The van der Waals surface area contributed by atoms with E-state index in [1.165, 1.54) is 23.9 Å². The number of thioether (sulfide) groups is 1. The maximum atomic E-state index is 14.0. The van der Waals surface area contributed by atoms with Crippen LogP contribution in [0.1, 0.15) is 46.0 Å². The number of fused-ring (bicyclic) bond motifs is 3. The number of carbonyl (C=O) groups excluding carboxylic acids is 1. The molecular formula is C27H27F3N6OS2. The fourth-order valence-electron chi connectivity index (χ4n) is 5.73. The summed E-state index contributed by atoms with van der Waals surface area (Å²) in [7, 11) is 1.71. The first-order chi connectivity index (χ1) is 18.8. The highest BCUT2D eigenvalue weighted by atomic mass is 32.2. The topological polar surface area (TPSA) is 73.4 Å². The summed E-state index contributed by atoms with van der Waals surface area (Å²) in [6.07, 6.45) is -0.399. The van der Waals surface area contributed by atoms with Gasteiger partial charge in [0.05, 0.1) is 10.6 Å². The van der Waals surface area contributed by atoms with Crippen molar-refractivity contribution in [3.63, 3.8) is 0 Å². The van der Waals surface area contributed by atoms with Crippen LogP contribution in [0.5, 0.6) is 0 Å². The van der Waals surface area contributed by atoms with Crippen molar-refractivity contribution in [1.29, 1.82) is 0 Å². The molecule has 2 aromatic heterocycles. The molecule has 1 aromatic carbocycles. The lowest BCUT2D eigenvalue weighted by Gasteiger charge is -2.54. The fourth-order valence-corrected chi connectivity index (χ4v) is 8.16. The van der Waals surface area contributed by atoms with Gasteiger partial charge in [0.2, 0.25) is 5.95 Å². The van der Waals surface area contributed by atoms with Crippen LogP contribution in [0.25, 0.3) is 10.6 Å². The van der Waals surface area contributed by atoms with Crippen LogP contribution in [0.3, 0.4) is 0 Å². The van der Waals surface area contributed by atoms with Crippen LogP contribution in [-0.4, -0.2) is 65.3 Å². The van der Waals surface area contributed by atoms with Gasteiger partial charge in [-0.3, -0.25) is 4.79 Å². The predicted octanol–water partition coefficient (Wildman–Crippen LogP) is 5.57. The number of piperidine rings is 1. The maximum absolute atomic E-state index is 14.0. The second kappa shape index (κ2) is 9.38. The summed E-state index contributed by atoms with van der Waals surface area (Å²) in [6, 6.07) is 9.00. The molecule has 3 aromatic rings. The van der Waals surface area contributed by atoms with E-state index < -0.39 is 11.7 Å². The Morgan fingerprint density at radius 1 is 1.15 bits per heavy atom. The minimum Gasteiger partial charge on any atom is -0.363 e. The number of nitrogens with zero attached hydrogens (tertiary/aromatic N) is 4. The van der Waals surface area contributed by atoms with E-state index in [1.807, 2.05) is 6.07 Å². The van der Waals surface area contributed by atoms with E-state index >= 15 is 0 Å². The highest BCUT2D eigenvalue weighted by molar-refractivity contribution is 7.99. The lowest BCUT2D eigenvalue weighted by Crippen LogP contribution is -2.68. The van der Waals surface area contributed by atoms with Crippen LogP contribution in [0, 0.1) is 0 Å². The number of piperazine rings is 1. The van der Waals surface area contributed by atoms with E-state index in [4.69, 9.17) is 0 Å². The summed E-state index contributed by atoms with van der Waals surface area (Å²) < 4.78 is 42.1. The van der Waals surface area contributed by atoms with E-state index in [0.717, 1.165) is 54.7 Å². The lowest BCUT2D eigenvalue weighted by atomic mass is 9.87. The molecule has 2 saturated heterocycles. The third-order valence-electron chi connectivity index (χ3n) is 7.94. The van der Waals surface area contributed by atoms with Crippen LogP contribution in [-0.2, 0) is 6.18 Å². The second-order valence-corrected chi connectivity index (χ2v) is 12.8. The number of carbonyl (C=O) groups is 1.